The Labute approximate surface area is 477 Å². The van der Waals surface area contributed by atoms with Crippen molar-refractivity contribution in [2.75, 3.05) is 40.3 Å². The van der Waals surface area contributed by atoms with Crippen molar-refractivity contribution in [2.45, 2.75) is 240 Å². The highest BCUT2D eigenvalue weighted by Gasteiger charge is 2.42. The zero-order valence-corrected chi connectivity index (χ0v) is 51.6. The Morgan fingerprint density at radius 1 is 0.588 bits per heavy atom. The van der Waals surface area contributed by atoms with Crippen LogP contribution in [-0.2, 0) is 52.7 Å². The van der Waals surface area contributed by atoms with Crippen LogP contribution in [0, 0.1) is 17.8 Å². The molecule has 0 aliphatic carbocycles. The van der Waals surface area contributed by atoms with Crippen molar-refractivity contribution in [3.63, 3.8) is 0 Å². The predicted octanol–water partition coefficient (Wildman–Crippen LogP) is 2.50. The maximum absolute atomic E-state index is 14.5. The molecule has 80 heavy (non-hydrogen) atoms. The molecule has 9 N–H and O–H groups in total. The Kier molecular flexibility index (Phi) is 31.0. The highest BCUT2D eigenvalue weighted by molar-refractivity contribution is 5.99. The molecule has 1 aliphatic heterocycles. The number of unbranched alkanes of at least 4 members (excludes halogenated alkanes) is 3. The van der Waals surface area contributed by atoms with Crippen LogP contribution in [0.15, 0.2) is 0 Å². The molecule has 23 heteroatoms. The highest BCUT2D eigenvalue weighted by Crippen LogP contribution is 2.26. The molecule has 1 fully saturated rings. The number of amides is 11. The van der Waals surface area contributed by atoms with Gasteiger partial charge in [0.25, 0.3) is 0 Å². The third kappa shape index (κ3) is 26.2. The first-order valence-corrected chi connectivity index (χ1v) is 29.0. The van der Waals surface area contributed by atoms with Crippen LogP contribution in [0.4, 0.5) is 0 Å². The van der Waals surface area contributed by atoms with Crippen molar-refractivity contribution in [3.8, 4) is 0 Å². The Morgan fingerprint density at radius 2 is 1.10 bits per heavy atom. The number of rotatable bonds is 37. The van der Waals surface area contributed by atoms with E-state index in [0.717, 1.165) is 12.8 Å². The van der Waals surface area contributed by atoms with E-state index >= 15 is 0 Å². The topological polar surface area (TPSA) is 306 Å². The number of carbonyl (C=O) groups is 11. The van der Waals surface area contributed by atoms with Gasteiger partial charge < -0.3 is 62.6 Å². The molecule has 0 aromatic carbocycles. The number of carbonyl (C=O) groups excluding carboxylic acids is 11. The van der Waals surface area contributed by atoms with E-state index in [1.807, 2.05) is 74.4 Å². The van der Waals surface area contributed by atoms with E-state index in [-0.39, 0.29) is 80.2 Å². The largest absolute Gasteiger partial charge is 0.356 e. The summed E-state index contributed by atoms with van der Waals surface area (Å²) in [5.74, 6) is -5.59. The van der Waals surface area contributed by atoms with Crippen LogP contribution in [0.3, 0.4) is 0 Å². The lowest BCUT2D eigenvalue weighted by atomic mass is 9.96. The Morgan fingerprint density at radius 3 is 1.60 bits per heavy atom. The van der Waals surface area contributed by atoms with Crippen molar-refractivity contribution >= 4 is 65.5 Å². The SMILES string of the molecule is CCCCCC(=O)N1CCC[C@H]1N(C=O)[C@@H](CCCCNC(C)=O)C(=O)N[C@@H](CC(C)C)C(=O)NC(C)(C)C(=O)N[C@@H](CC(C)C)C(=O)N[C@@H](CC(C)C)C(=O)NC(C)(C)C(=O)NC(C)(C)C(=O)NCCC(=O)N[C@@H](C)CN(C)C. The number of hydrogen-bond donors (Lipinski definition) is 9. The lowest BCUT2D eigenvalue weighted by molar-refractivity contribution is -0.146. The van der Waals surface area contributed by atoms with E-state index in [0.29, 0.717) is 64.6 Å². The first-order chi connectivity index (χ1) is 37.1. The first-order valence-electron chi connectivity index (χ1n) is 29.0. The molecule has 0 spiro atoms. The molecule has 0 unspecified atom stereocenters. The monoisotopic (exact) mass is 1130 g/mol. The number of likely N-dealkylation sites (N-methyl/N-ethyl adjacent to an activating group) is 1. The molecular formula is C57H104N12O11. The van der Waals surface area contributed by atoms with Crippen LogP contribution in [0.5, 0.6) is 0 Å². The zero-order valence-electron chi connectivity index (χ0n) is 51.6. The fourth-order valence-corrected chi connectivity index (χ4v) is 9.35. The normalized spacial score (nSPS) is 15.7. The first kappa shape index (κ1) is 72.1. The van der Waals surface area contributed by atoms with Gasteiger partial charge in [-0.05, 0) is 138 Å². The summed E-state index contributed by atoms with van der Waals surface area (Å²) in [4.78, 5) is 154. The number of hydrogen-bond acceptors (Lipinski definition) is 12. The summed E-state index contributed by atoms with van der Waals surface area (Å²) < 4.78 is 0. The molecular weight excluding hydrogens is 1030 g/mol. The summed E-state index contributed by atoms with van der Waals surface area (Å²) in [7, 11) is 3.79. The van der Waals surface area contributed by atoms with Crippen molar-refractivity contribution in [1.82, 2.24) is 62.6 Å². The second kappa shape index (κ2) is 34.4. The molecule has 6 atom stereocenters. The molecule has 1 aliphatic rings. The van der Waals surface area contributed by atoms with Gasteiger partial charge in [0, 0.05) is 52.0 Å². The third-order valence-electron chi connectivity index (χ3n) is 13.6. The predicted molar refractivity (Wildman–Crippen MR) is 308 cm³/mol. The summed E-state index contributed by atoms with van der Waals surface area (Å²) in [6.45, 7) is 26.7. The minimum atomic E-state index is -1.66. The molecule has 0 aromatic heterocycles. The summed E-state index contributed by atoms with van der Waals surface area (Å²) in [5.41, 5.74) is -4.71. The van der Waals surface area contributed by atoms with Crippen LogP contribution < -0.4 is 47.9 Å². The van der Waals surface area contributed by atoms with Gasteiger partial charge in [-0.15, -0.1) is 0 Å². The van der Waals surface area contributed by atoms with Crippen molar-refractivity contribution in [2.24, 2.45) is 17.8 Å². The summed E-state index contributed by atoms with van der Waals surface area (Å²) >= 11 is 0. The van der Waals surface area contributed by atoms with Gasteiger partial charge >= 0.3 is 0 Å². The van der Waals surface area contributed by atoms with E-state index in [4.69, 9.17) is 0 Å². The fourth-order valence-electron chi connectivity index (χ4n) is 9.35. The second-order valence-corrected chi connectivity index (χ2v) is 24.8. The van der Waals surface area contributed by atoms with Gasteiger partial charge in [-0.1, -0.05) is 61.3 Å². The van der Waals surface area contributed by atoms with E-state index in [9.17, 15) is 52.7 Å². The lowest BCUT2D eigenvalue weighted by Crippen LogP contribution is -2.65. The molecule has 11 amide bonds. The van der Waals surface area contributed by atoms with Crippen LogP contribution in [0.25, 0.3) is 0 Å². The van der Waals surface area contributed by atoms with Gasteiger partial charge in [0.2, 0.25) is 65.5 Å². The molecule has 0 saturated carbocycles. The number of likely N-dealkylation sites (tertiary alicyclic amines) is 1. The molecule has 458 valence electrons. The molecule has 1 saturated heterocycles. The lowest BCUT2D eigenvalue weighted by Gasteiger charge is -2.38. The van der Waals surface area contributed by atoms with Gasteiger partial charge in [-0.3, -0.25) is 52.7 Å². The third-order valence-corrected chi connectivity index (χ3v) is 13.6. The van der Waals surface area contributed by atoms with E-state index in [1.54, 1.807) is 4.90 Å². The second-order valence-electron chi connectivity index (χ2n) is 24.8. The molecule has 0 bridgehead atoms. The summed E-state index contributed by atoms with van der Waals surface area (Å²) in [6.07, 6.45) is 5.42. The highest BCUT2D eigenvalue weighted by atomic mass is 16.2. The minimum Gasteiger partial charge on any atom is -0.356 e. The van der Waals surface area contributed by atoms with Crippen LogP contribution in [0.2, 0.25) is 0 Å². The molecule has 1 heterocycles. The van der Waals surface area contributed by atoms with Gasteiger partial charge in [0.05, 0.1) is 0 Å². The molecule has 23 nitrogen and oxygen atoms in total. The average molecular weight is 1130 g/mol. The number of nitrogens with one attached hydrogen (secondary N) is 9. The summed E-state index contributed by atoms with van der Waals surface area (Å²) in [5, 5.41) is 24.9. The maximum atomic E-state index is 14.5. The minimum absolute atomic E-state index is 0.0236. The van der Waals surface area contributed by atoms with Crippen LogP contribution >= 0.6 is 0 Å². The van der Waals surface area contributed by atoms with Crippen molar-refractivity contribution in [1.29, 1.82) is 0 Å². The van der Waals surface area contributed by atoms with Gasteiger partial charge in [0.1, 0.15) is 46.9 Å². The quantitative estimate of drug-likeness (QED) is 0.0320. The maximum Gasteiger partial charge on any atom is 0.246 e. The van der Waals surface area contributed by atoms with E-state index < -0.39 is 88.3 Å². The Balaban J connectivity index is 3.31. The Bertz CT molecular complexity index is 2080. The van der Waals surface area contributed by atoms with Gasteiger partial charge in [-0.25, -0.2) is 0 Å². The Hall–Kier alpha value is -5.87. The van der Waals surface area contributed by atoms with Crippen molar-refractivity contribution in [3.05, 3.63) is 0 Å². The standard InChI is InChI=1S/C57H104N12O11/c1-18-19-20-26-47(73)68-30-23-25-46(68)69(35-70)44(24-21-22-28-58-40(9)71)51(77)62-43(33-38(6)7)50(76)64-56(12,13)53(79)63-41(31-36(2)3)48(74)61-42(32-37(4)5)49(75)65-57(14,15)54(80)66-55(10,11)52(78)59-29-27-45(72)60-39(8)34-67(16)17/h35-39,41-44,46H,18-34H2,1-17H3,(H,58,71)(H,59,78)(H,60,72)(H,61,74)(H,62,77)(H,63,79)(H,64,76)(H,65,75)(H,66,80)/t39-,41-,42-,43-,44-,46+/m0/s1. The van der Waals surface area contributed by atoms with Gasteiger partial charge in [-0.2, -0.15) is 0 Å². The zero-order chi connectivity index (χ0) is 61.3. The molecule has 0 radical (unpaired) electrons. The summed E-state index contributed by atoms with van der Waals surface area (Å²) in [6, 6.07) is -4.71. The smallest absolute Gasteiger partial charge is 0.246 e. The average Bonchev–Trinajstić information content (AvgIpc) is 3.81. The fraction of sp³-hybridized carbons (Fsp3) is 0.807. The van der Waals surface area contributed by atoms with E-state index in [2.05, 4.69) is 47.9 Å². The van der Waals surface area contributed by atoms with Gasteiger partial charge in [0.15, 0.2) is 0 Å². The number of nitrogens with zero attached hydrogens (tertiary/aromatic N) is 3. The van der Waals surface area contributed by atoms with E-state index in [1.165, 1.54) is 53.4 Å². The van der Waals surface area contributed by atoms with Crippen LogP contribution in [0.1, 0.15) is 187 Å². The molecule has 1 rings (SSSR count). The van der Waals surface area contributed by atoms with Crippen molar-refractivity contribution < 1.29 is 52.7 Å². The van der Waals surface area contributed by atoms with Crippen LogP contribution in [-0.4, -0.2) is 173 Å². The molecule has 0 aromatic rings.